The lowest BCUT2D eigenvalue weighted by Gasteiger charge is -2.43. The number of carbonyl (C=O) groups excluding carboxylic acids is 2. The first-order valence-corrected chi connectivity index (χ1v) is 16.5. The van der Waals surface area contributed by atoms with Gasteiger partial charge in [-0.25, -0.2) is 0 Å². The van der Waals surface area contributed by atoms with Gasteiger partial charge in [-0.3, -0.25) is 9.59 Å². The van der Waals surface area contributed by atoms with Gasteiger partial charge >= 0.3 is 5.79 Å². The zero-order valence-corrected chi connectivity index (χ0v) is 28.3. The number of Topliss-reactive ketones (excluding diaryl/α,β-unsaturated/α-hetero) is 2. The van der Waals surface area contributed by atoms with E-state index in [9.17, 15) is 50.4 Å². The van der Waals surface area contributed by atoms with Gasteiger partial charge < -0.3 is 50.3 Å². The minimum Gasteiger partial charge on any atom is -0.508 e. The van der Waals surface area contributed by atoms with Gasteiger partial charge in [0, 0.05) is 65.1 Å². The maximum Gasteiger partial charge on any atom is 0.318 e. The van der Waals surface area contributed by atoms with E-state index in [1.807, 2.05) is 13.8 Å². The summed E-state index contributed by atoms with van der Waals surface area (Å²) in [6, 6.07) is 12.4. The van der Waals surface area contributed by atoms with Crippen LogP contribution in [0.1, 0.15) is 82.9 Å². The first-order chi connectivity index (χ1) is 24.5. The smallest absolute Gasteiger partial charge is 0.318 e. The lowest BCUT2D eigenvalue weighted by atomic mass is 9.65. The minimum absolute atomic E-state index is 0.0304. The molecule has 0 unspecified atom stereocenters. The molecule has 12 heteroatoms. The number of ketones is 2. The van der Waals surface area contributed by atoms with Gasteiger partial charge in [-0.2, -0.15) is 0 Å². The highest BCUT2D eigenvalue weighted by Crippen LogP contribution is 2.60. The van der Waals surface area contributed by atoms with E-state index in [2.05, 4.69) is 0 Å². The molecule has 7 rings (SSSR count). The van der Waals surface area contributed by atoms with Crippen LogP contribution in [0.15, 0.2) is 84.0 Å². The van der Waals surface area contributed by atoms with E-state index in [4.69, 9.17) is 9.47 Å². The maximum absolute atomic E-state index is 14.6. The zero-order valence-electron chi connectivity index (χ0n) is 28.3. The molecule has 4 aromatic rings. The van der Waals surface area contributed by atoms with Crippen molar-refractivity contribution < 1.29 is 59.9 Å². The van der Waals surface area contributed by atoms with Crippen molar-refractivity contribution in [2.24, 2.45) is 5.92 Å². The predicted molar refractivity (Wildman–Crippen MR) is 185 cm³/mol. The minimum atomic E-state index is -2.75. The van der Waals surface area contributed by atoms with Gasteiger partial charge in [0.2, 0.25) is 11.4 Å². The zero-order chi connectivity index (χ0) is 37.4. The number of hydrogen-bond donors (Lipinski definition) is 8. The summed E-state index contributed by atoms with van der Waals surface area (Å²) in [5, 5.41) is 87.7. The highest BCUT2D eigenvalue weighted by atomic mass is 16.7. The van der Waals surface area contributed by atoms with E-state index in [1.54, 1.807) is 19.1 Å². The Bertz CT molecular complexity index is 2230. The Morgan fingerprint density at radius 1 is 0.827 bits per heavy atom. The summed E-state index contributed by atoms with van der Waals surface area (Å²) in [4.78, 5) is 29.1. The van der Waals surface area contributed by atoms with Crippen LogP contribution in [0.3, 0.4) is 0 Å². The van der Waals surface area contributed by atoms with Crippen LogP contribution in [0.25, 0.3) is 0 Å². The SMILES string of the molecule is CC(C)=CC[C@]12Oc3cc(O)c([C@@H]4C=C(C)C[C@H](c5ccc(O)cc5O)[C@H]4C(=O)c4cc(O)cc(O)c4)c(O)c3C(=O)[C@@]1(O)Oc1cc(O)ccc12. The molecule has 0 amide bonds. The Hall–Kier alpha value is -6.14. The summed E-state index contributed by atoms with van der Waals surface area (Å²) < 4.78 is 12.3. The molecule has 12 nitrogen and oxygen atoms in total. The lowest BCUT2D eigenvalue weighted by molar-refractivity contribution is -0.201. The molecule has 0 saturated carbocycles. The van der Waals surface area contributed by atoms with Crippen LogP contribution in [0.2, 0.25) is 0 Å². The number of fused-ring (bicyclic) bond motifs is 4. The second kappa shape index (κ2) is 12.0. The molecule has 0 saturated heterocycles. The molecule has 0 radical (unpaired) electrons. The molecule has 5 atom stereocenters. The molecule has 8 N–H and O–H groups in total. The predicted octanol–water partition coefficient (Wildman–Crippen LogP) is 6.25. The van der Waals surface area contributed by atoms with Crippen LogP contribution >= 0.6 is 0 Å². The molecular weight excluding hydrogens is 672 g/mol. The fourth-order valence-electron chi connectivity index (χ4n) is 7.87. The van der Waals surface area contributed by atoms with E-state index >= 15 is 0 Å². The first-order valence-electron chi connectivity index (χ1n) is 16.5. The van der Waals surface area contributed by atoms with Crippen molar-refractivity contribution in [2.75, 3.05) is 0 Å². The molecule has 268 valence electrons. The highest BCUT2D eigenvalue weighted by Gasteiger charge is 2.70. The maximum atomic E-state index is 14.6. The van der Waals surface area contributed by atoms with Crippen LogP contribution in [0.4, 0.5) is 0 Å². The van der Waals surface area contributed by atoms with Crippen molar-refractivity contribution >= 4 is 11.6 Å². The van der Waals surface area contributed by atoms with Gasteiger partial charge in [-0.15, -0.1) is 0 Å². The molecule has 0 bridgehead atoms. The third-order valence-corrected chi connectivity index (χ3v) is 10.2. The number of rotatable bonds is 6. The van der Waals surface area contributed by atoms with Gasteiger partial charge in [0.1, 0.15) is 57.3 Å². The standard InChI is InChI=1S/C40H36O12/c1-18(2)8-9-39-28-7-5-22(42)16-31(28)52-40(39,50)38(49)35-32(51-39)17-30(46)34(37(35)48)27-11-19(3)10-26(25-6-4-21(41)15-29(25)45)33(27)36(47)20-12-23(43)14-24(44)13-20/h4-8,11-17,26-27,33,41-46,48,50H,9-10H2,1-3H3/t26-,27-,33-,39-,40-/m1/s1. The topological polar surface area (TPSA) is 214 Å². The molecular formula is C40H36O12. The normalized spacial score (nSPS) is 24.4. The third kappa shape index (κ3) is 5.17. The van der Waals surface area contributed by atoms with Gasteiger partial charge in [0.05, 0.1) is 0 Å². The number of aromatic hydroxyl groups is 7. The van der Waals surface area contributed by atoms with Crippen LogP contribution < -0.4 is 9.47 Å². The Labute approximate surface area is 297 Å². The molecule has 0 aromatic heterocycles. The van der Waals surface area contributed by atoms with Crippen molar-refractivity contribution in [2.45, 2.75) is 56.8 Å². The summed E-state index contributed by atoms with van der Waals surface area (Å²) in [5.74, 6) is -11.0. The number of hydrogen-bond acceptors (Lipinski definition) is 12. The second-order valence-electron chi connectivity index (χ2n) is 13.9. The number of aliphatic hydroxyl groups is 1. The number of phenolic OH excluding ortho intramolecular Hbond substituents is 7. The summed E-state index contributed by atoms with van der Waals surface area (Å²) in [5.41, 5.74) is -0.788. The summed E-state index contributed by atoms with van der Waals surface area (Å²) in [7, 11) is 0. The molecule has 1 aliphatic carbocycles. The Kier molecular flexibility index (Phi) is 7.91. The second-order valence-corrected chi connectivity index (χ2v) is 13.9. The largest absolute Gasteiger partial charge is 0.508 e. The molecule has 52 heavy (non-hydrogen) atoms. The molecule has 3 aliphatic rings. The van der Waals surface area contributed by atoms with Crippen LogP contribution in [-0.4, -0.2) is 58.2 Å². The highest BCUT2D eigenvalue weighted by molar-refractivity contribution is 6.09. The third-order valence-electron chi connectivity index (χ3n) is 10.2. The van der Waals surface area contributed by atoms with Gasteiger partial charge in [-0.1, -0.05) is 29.4 Å². The fraction of sp³-hybridized carbons (Fsp3) is 0.250. The number of phenols is 7. The number of ether oxygens (including phenoxy) is 2. The summed E-state index contributed by atoms with van der Waals surface area (Å²) >= 11 is 0. The fourth-order valence-corrected chi connectivity index (χ4v) is 7.87. The molecule has 4 aromatic carbocycles. The van der Waals surface area contributed by atoms with E-state index in [1.165, 1.54) is 30.3 Å². The molecule has 0 spiro atoms. The van der Waals surface area contributed by atoms with E-state index in [0.717, 1.165) is 35.9 Å². The quantitative estimate of drug-likeness (QED) is 0.0824. The molecule has 2 aliphatic heterocycles. The van der Waals surface area contributed by atoms with Crippen molar-refractivity contribution in [3.63, 3.8) is 0 Å². The first kappa shape index (κ1) is 34.3. The van der Waals surface area contributed by atoms with E-state index in [-0.39, 0.29) is 63.8 Å². The van der Waals surface area contributed by atoms with Crippen molar-refractivity contribution in [3.8, 4) is 51.7 Å². The van der Waals surface area contributed by atoms with Crippen LogP contribution in [-0.2, 0) is 5.60 Å². The molecule has 2 heterocycles. The molecule has 0 fully saturated rings. The average molecular weight is 709 g/mol. The average Bonchev–Trinajstić information content (AvgIpc) is 3.30. The monoisotopic (exact) mass is 708 g/mol. The summed E-state index contributed by atoms with van der Waals surface area (Å²) in [6.07, 6.45) is 3.49. The van der Waals surface area contributed by atoms with Gasteiger partial charge in [0.15, 0.2) is 5.78 Å². The Morgan fingerprint density at radius 2 is 1.50 bits per heavy atom. The van der Waals surface area contributed by atoms with Crippen molar-refractivity contribution in [3.05, 3.63) is 112 Å². The van der Waals surface area contributed by atoms with Crippen molar-refractivity contribution in [1.82, 2.24) is 0 Å². The number of allylic oxidation sites excluding steroid dienone is 3. The van der Waals surface area contributed by atoms with E-state index in [0.29, 0.717) is 5.57 Å². The number of benzene rings is 4. The van der Waals surface area contributed by atoms with Gasteiger partial charge in [-0.05, 0) is 63.1 Å². The van der Waals surface area contributed by atoms with E-state index < -0.39 is 69.3 Å². The van der Waals surface area contributed by atoms with Crippen LogP contribution in [0.5, 0.6) is 51.7 Å². The van der Waals surface area contributed by atoms with Gasteiger partial charge in [0.25, 0.3) is 0 Å². The number of carbonyl (C=O) groups is 2. The lowest BCUT2D eigenvalue weighted by Crippen LogP contribution is -2.62. The summed E-state index contributed by atoms with van der Waals surface area (Å²) in [6.45, 7) is 5.37. The van der Waals surface area contributed by atoms with Crippen LogP contribution in [0, 0.1) is 5.92 Å². The Balaban J connectivity index is 1.43. The van der Waals surface area contributed by atoms with Crippen molar-refractivity contribution in [1.29, 1.82) is 0 Å². The Morgan fingerprint density at radius 3 is 2.17 bits per heavy atom.